The van der Waals surface area contributed by atoms with Crippen molar-refractivity contribution < 1.29 is 58.8 Å². The van der Waals surface area contributed by atoms with Crippen LogP contribution in [0.25, 0.3) is 0 Å². The van der Waals surface area contributed by atoms with E-state index in [0.717, 1.165) is 0 Å². The number of rotatable bonds is 0. The van der Waals surface area contributed by atoms with Crippen LogP contribution in [0.3, 0.4) is 0 Å². The van der Waals surface area contributed by atoms with Gasteiger partial charge in [-0.05, 0) is 0 Å². The van der Waals surface area contributed by atoms with Crippen LogP contribution in [0.15, 0.2) is 0 Å². The Morgan fingerprint density at radius 2 is 0.647 bits per heavy atom. The molecule has 0 bridgehead atoms. The maximum atomic E-state index is 8.25. The molecular formula is AgAlN3NiO11. The molecule has 0 atom stereocenters. The zero-order chi connectivity index (χ0) is 14.7. The second-order valence-electron chi connectivity index (χ2n) is 0.671. The van der Waals surface area contributed by atoms with Crippen LogP contribution in [-0.4, -0.2) is 32.6 Å². The van der Waals surface area contributed by atoms with Crippen molar-refractivity contribution in [1.29, 1.82) is 0 Å². The Morgan fingerprint density at radius 3 is 0.647 bits per heavy atom. The molecule has 0 amide bonds. The van der Waals surface area contributed by atoms with Gasteiger partial charge in [0.1, 0.15) is 0 Å². The molecule has 0 N–H and O–H groups in total. The summed E-state index contributed by atoms with van der Waals surface area (Å²) in [5, 5.41) is 44.2. The second kappa shape index (κ2) is 46.0. The summed E-state index contributed by atoms with van der Waals surface area (Å²) in [4.78, 5) is 24.8. The van der Waals surface area contributed by atoms with Gasteiger partial charge in [-0.25, -0.2) is 0 Å². The van der Waals surface area contributed by atoms with Crippen LogP contribution in [0.5, 0.6) is 0 Å². The van der Waals surface area contributed by atoms with E-state index in [-0.39, 0.29) is 17.4 Å². The minimum absolute atomic E-state index is 0. The molecule has 0 aliphatic carbocycles. The molecule has 0 radical (unpaired) electrons. The molecule has 0 heterocycles. The quantitative estimate of drug-likeness (QED) is 0.257. The van der Waals surface area contributed by atoms with E-state index >= 15 is 0 Å². The summed E-state index contributed by atoms with van der Waals surface area (Å²) in [6, 6.07) is 0. The van der Waals surface area contributed by atoms with Crippen molar-refractivity contribution in [2.75, 3.05) is 0 Å². The van der Waals surface area contributed by atoms with Crippen molar-refractivity contribution in [3.8, 4) is 0 Å². The van der Waals surface area contributed by atoms with Gasteiger partial charge >= 0.3 is 60.9 Å². The zero-order valence-corrected chi connectivity index (χ0v) is 10.7. The third-order valence-electron chi connectivity index (χ3n) is 0. The van der Waals surface area contributed by atoms with Crippen LogP contribution in [0, 0.1) is 46.0 Å². The third kappa shape index (κ3) is 2350. The van der Waals surface area contributed by atoms with Crippen molar-refractivity contribution in [1.82, 2.24) is 0 Å². The maximum absolute atomic E-state index is 8.25. The fraction of sp³-hybridized carbons (Fsp3) is 0. The molecule has 17 heavy (non-hydrogen) atoms. The number of hydrogen-bond donors (Lipinski definition) is 0. The average molecular weight is 412 g/mol. The summed E-state index contributed by atoms with van der Waals surface area (Å²) in [6.45, 7) is 0. The monoisotopic (exact) mass is 410 g/mol. The Labute approximate surface area is 122 Å². The van der Waals surface area contributed by atoms with Gasteiger partial charge in [0.15, 0.2) is 0 Å². The second-order valence-corrected chi connectivity index (χ2v) is 0.671. The molecule has 0 aliphatic heterocycles. The summed E-state index contributed by atoms with van der Waals surface area (Å²) in [7, 11) is 0. The average Bonchev–Trinajstić information content (AvgIpc) is 2.07. The molecule has 0 saturated carbocycles. The van der Waals surface area contributed by atoms with Gasteiger partial charge in [-0.15, -0.1) is 0 Å². The molecule has 105 valence electrons. The van der Waals surface area contributed by atoms with Crippen molar-refractivity contribution in [2.24, 2.45) is 0 Å². The van der Waals surface area contributed by atoms with Crippen molar-refractivity contribution >= 4 is 17.4 Å². The number of hydrogen-bond acceptors (Lipinski definition) is 11. The molecule has 0 unspecified atom stereocenters. The Morgan fingerprint density at radius 1 is 0.647 bits per heavy atom. The normalized spacial score (nSPS) is 4.94. The Balaban J connectivity index is -0.0000000227. The summed E-state index contributed by atoms with van der Waals surface area (Å²) < 4.78 is 15.9. The van der Waals surface area contributed by atoms with Gasteiger partial charge in [-0.3, -0.25) is 0 Å². The minimum atomic E-state index is -1.75. The van der Waals surface area contributed by atoms with Gasteiger partial charge in [0, 0.05) is 0 Å². The molecule has 0 saturated heterocycles. The van der Waals surface area contributed by atoms with Gasteiger partial charge in [0.05, 0.1) is 15.3 Å². The summed E-state index contributed by atoms with van der Waals surface area (Å²) in [5.74, 6) is 0. The van der Waals surface area contributed by atoms with Crippen LogP contribution in [0.2, 0.25) is 0 Å². The van der Waals surface area contributed by atoms with Crippen molar-refractivity contribution in [2.45, 2.75) is 0 Å². The molecule has 0 aromatic carbocycles. The number of nitrogens with zero attached hydrogens (tertiary/aromatic N) is 3. The Kier molecular flexibility index (Phi) is 97.4. The fourth-order valence-electron chi connectivity index (χ4n) is 0. The fourth-order valence-corrected chi connectivity index (χ4v) is 0. The van der Waals surface area contributed by atoms with Gasteiger partial charge in [-0.2, -0.15) is 0 Å². The van der Waals surface area contributed by atoms with E-state index in [1.165, 1.54) is 0 Å². The first-order chi connectivity index (χ1) is 7.20. The topological polar surface area (TPSA) is 233 Å². The van der Waals surface area contributed by atoms with E-state index < -0.39 is 15.3 Å². The molecule has 14 nitrogen and oxygen atoms in total. The first kappa shape index (κ1) is 36.0. The predicted octanol–water partition coefficient (Wildman–Crippen LogP) is -1.34. The summed E-state index contributed by atoms with van der Waals surface area (Å²) in [5.41, 5.74) is 0. The molecule has 0 spiro atoms. The molecule has 0 aromatic heterocycles. The summed E-state index contributed by atoms with van der Waals surface area (Å²) >= 11 is 4.32. The first-order valence-electron chi connectivity index (χ1n) is 1.90. The molecule has 0 aliphatic rings. The SMILES string of the molecule is O=[N+]([O-])[O-].O=[N+]([O-])[O-].O=[N+]([O-])[O-].[Al+3].[O]=[Ag].[O]=[Ni]. The van der Waals surface area contributed by atoms with Crippen molar-refractivity contribution in [3.05, 3.63) is 46.0 Å². The predicted molar refractivity (Wildman–Crippen MR) is 38.2 cm³/mol. The van der Waals surface area contributed by atoms with Crippen LogP contribution in [-0.2, 0) is 43.6 Å². The first-order valence-corrected chi connectivity index (χ1v) is 2.90. The van der Waals surface area contributed by atoms with E-state index in [1.54, 1.807) is 21.0 Å². The molecule has 0 rings (SSSR count). The molecular weight excluding hydrogens is 412 g/mol. The van der Waals surface area contributed by atoms with Crippen LogP contribution in [0.1, 0.15) is 0 Å². The van der Waals surface area contributed by atoms with Crippen molar-refractivity contribution in [3.63, 3.8) is 0 Å². The molecule has 0 aromatic rings. The van der Waals surface area contributed by atoms with E-state index in [9.17, 15) is 0 Å². The van der Waals surface area contributed by atoms with Gasteiger partial charge in [-0.1, -0.05) is 0 Å². The van der Waals surface area contributed by atoms with Gasteiger partial charge < -0.3 is 46.0 Å². The van der Waals surface area contributed by atoms with E-state index in [0.29, 0.717) is 0 Å². The third-order valence-corrected chi connectivity index (χ3v) is 0. The van der Waals surface area contributed by atoms with E-state index in [1.807, 2.05) is 0 Å². The molecule has 17 heteroatoms. The van der Waals surface area contributed by atoms with Crippen LogP contribution < -0.4 is 0 Å². The summed E-state index contributed by atoms with van der Waals surface area (Å²) in [6.07, 6.45) is 0. The van der Waals surface area contributed by atoms with Crippen LogP contribution in [0.4, 0.5) is 0 Å². The van der Waals surface area contributed by atoms with E-state index in [2.05, 4.69) is 15.4 Å². The van der Waals surface area contributed by atoms with Gasteiger partial charge in [0.2, 0.25) is 0 Å². The zero-order valence-electron chi connectivity index (χ0n) is 7.03. The van der Waals surface area contributed by atoms with Crippen LogP contribution >= 0.6 is 0 Å². The Bertz CT molecular complexity index is 145. The van der Waals surface area contributed by atoms with E-state index in [4.69, 9.17) is 53.1 Å². The molecule has 0 fully saturated rings. The van der Waals surface area contributed by atoms with Gasteiger partial charge in [0.25, 0.3) is 0 Å². The Hall–Kier alpha value is -1.03. The standard InChI is InChI=1S/Ag.Al.3NO3.Ni.2O/c;;3*2-1(3)4;;;/q;+3;3*-1;;;.